The van der Waals surface area contributed by atoms with Crippen molar-refractivity contribution in [2.24, 2.45) is 5.92 Å². The zero-order chi connectivity index (χ0) is 19.2. The number of pyridine rings is 2. The molecule has 0 aromatic carbocycles. The summed E-state index contributed by atoms with van der Waals surface area (Å²) in [5.41, 5.74) is 1.81. The van der Waals surface area contributed by atoms with Gasteiger partial charge in [0.2, 0.25) is 0 Å². The van der Waals surface area contributed by atoms with E-state index in [0.717, 1.165) is 42.5 Å². The molecular formula is C22H30ClN5. The van der Waals surface area contributed by atoms with Gasteiger partial charge in [0.1, 0.15) is 11.6 Å². The van der Waals surface area contributed by atoms with Crippen LogP contribution in [0, 0.1) is 5.92 Å². The van der Waals surface area contributed by atoms with Crippen LogP contribution in [0.5, 0.6) is 0 Å². The van der Waals surface area contributed by atoms with Crippen molar-refractivity contribution in [1.82, 2.24) is 15.3 Å². The van der Waals surface area contributed by atoms with Crippen molar-refractivity contribution in [3.8, 4) is 11.3 Å². The quantitative estimate of drug-likeness (QED) is 0.641. The number of piperidine rings is 1. The number of hydrogen-bond acceptors (Lipinski definition) is 5. The molecule has 2 aromatic rings. The molecule has 1 saturated carbocycles. The number of rotatable bonds is 6. The third-order valence-corrected chi connectivity index (χ3v) is 6.11. The van der Waals surface area contributed by atoms with Crippen LogP contribution in [0.2, 0.25) is 5.02 Å². The van der Waals surface area contributed by atoms with Crippen LogP contribution in [0.1, 0.15) is 44.9 Å². The van der Waals surface area contributed by atoms with Gasteiger partial charge in [0.25, 0.3) is 0 Å². The van der Waals surface area contributed by atoms with Gasteiger partial charge in [-0.25, -0.2) is 9.97 Å². The molecule has 1 aliphatic carbocycles. The van der Waals surface area contributed by atoms with Gasteiger partial charge in [0.15, 0.2) is 0 Å². The lowest BCUT2D eigenvalue weighted by molar-refractivity contribution is 0.392. The highest BCUT2D eigenvalue weighted by molar-refractivity contribution is 6.33. The summed E-state index contributed by atoms with van der Waals surface area (Å²) in [5, 5.41) is 11.2. The molecule has 2 fully saturated rings. The van der Waals surface area contributed by atoms with Crippen LogP contribution in [-0.2, 0) is 0 Å². The molecule has 1 unspecified atom stereocenters. The van der Waals surface area contributed by atoms with E-state index < -0.39 is 0 Å². The maximum absolute atomic E-state index is 6.47. The minimum absolute atomic E-state index is 0.514. The monoisotopic (exact) mass is 399 g/mol. The number of anilines is 2. The third kappa shape index (κ3) is 5.15. The van der Waals surface area contributed by atoms with E-state index in [-0.39, 0.29) is 0 Å². The van der Waals surface area contributed by atoms with Gasteiger partial charge in [-0.3, -0.25) is 0 Å². The second kappa shape index (κ2) is 9.57. The van der Waals surface area contributed by atoms with Crippen molar-refractivity contribution in [3.05, 3.63) is 35.5 Å². The van der Waals surface area contributed by atoms with E-state index >= 15 is 0 Å². The summed E-state index contributed by atoms with van der Waals surface area (Å²) in [5.74, 6) is 2.45. The summed E-state index contributed by atoms with van der Waals surface area (Å²) < 4.78 is 0. The standard InChI is InChI=1S/C22H30ClN5/c23-19-15-26-22(27-17-7-2-1-3-8-17)12-18(19)20-9-4-10-21(28-20)25-14-16-6-5-11-24-13-16/h4,9-10,12,15-17,24H,1-3,5-8,11,13-14H2,(H,25,28)(H,26,27). The van der Waals surface area contributed by atoms with Gasteiger partial charge in [-0.1, -0.05) is 36.9 Å². The van der Waals surface area contributed by atoms with E-state index in [2.05, 4.69) is 20.9 Å². The van der Waals surface area contributed by atoms with E-state index in [4.69, 9.17) is 16.6 Å². The van der Waals surface area contributed by atoms with Crippen molar-refractivity contribution < 1.29 is 0 Å². The Morgan fingerprint density at radius 2 is 1.96 bits per heavy atom. The van der Waals surface area contributed by atoms with E-state index in [0.29, 0.717) is 17.0 Å². The second-order valence-electron chi connectivity index (χ2n) is 8.03. The molecule has 2 aromatic heterocycles. The summed E-state index contributed by atoms with van der Waals surface area (Å²) in [7, 11) is 0. The molecule has 3 heterocycles. The van der Waals surface area contributed by atoms with E-state index in [1.165, 1.54) is 44.9 Å². The number of halogens is 1. The van der Waals surface area contributed by atoms with Crippen LogP contribution in [-0.4, -0.2) is 35.6 Å². The molecule has 1 atom stereocenters. The van der Waals surface area contributed by atoms with Crippen LogP contribution in [0.3, 0.4) is 0 Å². The van der Waals surface area contributed by atoms with Gasteiger partial charge in [-0.2, -0.15) is 0 Å². The van der Waals surface area contributed by atoms with Gasteiger partial charge in [0, 0.05) is 24.3 Å². The van der Waals surface area contributed by atoms with Crippen molar-refractivity contribution in [1.29, 1.82) is 0 Å². The summed E-state index contributed by atoms with van der Waals surface area (Å²) in [6.45, 7) is 3.17. The Morgan fingerprint density at radius 1 is 1.07 bits per heavy atom. The lowest BCUT2D eigenvalue weighted by Gasteiger charge is -2.23. The molecule has 5 nitrogen and oxygen atoms in total. The van der Waals surface area contributed by atoms with Crippen LogP contribution < -0.4 is 16.0 Å². The summed E-state index contributed by atoms with van der Waals surface area (Å²) >= 11 is 6.47. The molecule has 2 aliphatic rings. The molecule has 0 radical (unpaired) electrons. The van der Waals surface area contributed by atoms with Crippen molar-refractivity contribution in [3.63, 3.8) is 0 Å². The number of aromatic nitrogens is 2. The van der Waals surface area contributed by atoms with Gasteiger partial charge in [-0.15, -0.1) is 0 Å². The molecule has 0 spiro atoms. The predicted octanol–water partition coefficient (Wildman–Crippen LogP) is 4.95. The Labute approximate surface area is 172 Å². The first-order valence-corrected chi connectivity index (χ1v) is 11.0. The van der Waals surface area contributed by atoms with Crippen LogP contribution in [0.25, 0.3) is 11.3 Å². The maximum atomic E-state index is 6.47. The topological polar surface area (TPSA) is 61.9 Å². The molecule has 6 heteroatoms. The molecule has 3 N–H and O–H groups in total. The highest BCUT2D eigenvalue weighted by Gasteiger charge is 2.16. The minimum Gasteiger partial charge on any atom is -0.370 e. The fraction of sp³-hybridized carbons (Fsp3) is 0.545. The smallest absolute Gasteiger partial charge is 0.126 e. The average Bonchev–Trinajstić information content (AvgIpc) is 2.75. The molecule has 150 valence electrons. The van der Waals surface area contributed by atoms with E-state index in [1.807, 2.05) is 24.3 Å². The zero-order valence-electron chi connectivity index (χ0n) is 16.4. The lowest BCUT2D eigenvalue weighted by atomic mass is 9.95. The largest absolute Gasteiger partial charge is 0.370 e. The second-order valence-corrected chi connectivity index (χ2v) is 8.44. The first-order chi connectivity index (χ1) is 13.8. The number of hydrogen-bond donors (Lipinski definition) is 3. The van der Waals surface area contributed by atoms with E-state index in [1.54, 1.807) is 6.20 Å². The minimum atomic E-state index is 0.514. The molecule has 1 aliphatic heterocycles. The molecule has 1 saturated heterocycles. The third-order valence-electron chi connectivity index (χ3n) is 5.81. The van der Waals surface area contributed by atoms with Crippen LogP contribution >= 0.6 is 11.6 Å². The first kappa shape index (κ1) is 19.5. The Morgan fingerprint density at radius 3 is 2.79 bits per heavy atom. The Hall–Kier alpha value is -1.85. The van der Waals surface area contributed by atoms with Crippen LogP contribution in [0.4, 0.5) is 11.6 Å². The fourth-order valence-electron chi connectivity index (χ4n) is 4.20. The molecule has 4 rings (SSSR count). The van der Waals surface area contributed by atoms with Crippen LogP contribution in [0.15, 0.2) is 30.5 Å². The number of nitrogens with zero attached hydrogens (tertiary/aromatic N) is 2. The first-order valence-electron chi connectivity index (χ1n) is 10.6. The van der Waals surface area contributed by atoms with Crippen molar-refractivity contribution >= 4 is 23.2 Å². The predicted molar refractivity (Wildman–Crippen MR) is 117 cm³/mol. The molecule has 28 heavy (non-hydrogen) atoms. The lowest BCUT2D eigenvalue weighted by Crippen LogP contribution is -2.33. The molecule has 0 amide bonds. The summed E-state index contributed by atoms with van der Waals surface area (Å²) in [6.07, 6.45) is 10.6. The van der Waals surface area contributed by atoms with Crippen molar-refractivity contribution in [2.45, 2.75) is 51.0 Å². The normalized spacial score (nSPS) is 20.7. The molecule has 0 bridgehead atoms. The summed E-state index contributed by atoms with van der Waals surface area (Å²) in [4.78, 5) is 9.29. The highest BCUT2D eigenvalue weighted by atomic mass is 35.5. The zero-order valence-corrected chi connectivity index (χ0v) is 17.1. The highest BCUT2D eigenvalue weighted by Crippen LogP contribution is 2.30. The van der Waals surface area contributed by atoms with Gasteiger partial charge in [-0.05, 0) is 62.9 Å². The van der Waals surface area contributed by atoms with Crippen molar-refractivity contribution in [2.75, 3.05) is 30.3 Å². The summed E-state index contributed by atoms with van der Waals surface area (Å²) in [6, 6.07) is 8.62. The maximum Gasteiger partial charge on any atom is 0.126 e. The average molecular weight is 400 g/mol. The number of nitrogens with one attached hydrogen (secondary N) is 3. The Balaban J connectivity index is 1.45. The van der Waals surface area contributed by atoms with Gasteiger partial charge in [0.05, 0.1) is 10.7 Å². The Kier molecular flexibility index (Phi) is 6.65. The Bertz CT molecular complexity index is 769. The van der Waals surface area contributed by atoms with Gasteiger partial charge < -0.3 is 16.0 Å². The van der Waals surface area contributed by atoms with Gasteiger partial charge >= 0.3 is 0 Å². The SMILES string of the molecule is Clc1cnc(NC2CCCCC2)cc1-c1cccc(NCC2CCCNC2)n1. The fourth-order valence-corrected chi connectivity index (χ4v) is 4.40. The van der Waals surface area contributed by atoms with E-state index in [9.17, 15) is 0 Å². The molecular weight excluding hydrogens is 370 g/mol.